The van der Waals surface area contributed by atoms with E-state index in [9.17, 15) is 9.59 Å². The Balaban J connectivity index is 1.64. The second-order valence-corrected chi connectivity index (χ2v) is 8.36. The summed E-state index contributed by atoms with van der Waals surface area (Å²) in [6.07, 6.45) is 1.87. The summed E-state index contributed by atoms with van der Waals surface area (Å²) >= 11 is 7.81. The first-order valence-electron chi connectivity index (χ1n) is 7.96. The highest BCUT2D eigenvalue weighted by molar-refractivity contribution is 8.26. The number of thioether (sulfide) groups is 1. The van der Waals surface area contributed by atoms with E-state index < -0.39 is 0 Å². The molecule has 0 unspecified atom stereocenters. The third-order valence-corrected chi connectivity index (χ3v) is 5.77. The third kappa shape index (κ3) is 4.71. The highest BCUT2D eigenvalue weighted by Gasteiger charge is 2.32. The van der Waals surface area contributed by atoms with E-state index in [0.29, 0.717) is 20.1 Å². The van der Waals surface area contributed by atoms with E-state index in [1.54, 1.807) is 13.2 Å². The molecule has 1 N–H and O–H groups in total. The van der Waals surface area contributed by atoms with E-state index in [1.807, 2.05) is 31.2 Å². The molecular weight excluding hydrogens is 404 g/mol. The highest BCUT2D eigenvalue weighted by Crippen LogP contribution is 2.34. The minimum atomic E-state index is -0.242. The number of ether oxygens (including phenoxy) is 1. The molecule has 27 heavy (non-hydrogen) atoms. The smallest absolute Gasteiger partial charge is 0.266 e. The molecule has 0 radical (unpaired) electrons. The zero-order chi connectivity index (χ0) is 19.4. The second-order valence-electron chi connectivity index (χ2n) is 5.50. The summed E-state index contributed by atoms with van der Waals surface area (Å²) in [5, 5.41) is 11.6. The lowest BCUT2D eigenvalue weighted by atomic mass is 10.2. The van der Waals surface area contributed by atoms with E-state index in [4.69, 9.17) is 17.0 Å². The van der Waals surface area contributed by atoms with Gasteiger partial charge in [-0.3, -0.25) is 14.5 Å². The lowest BCUT2D eigenvalue weighted by molar-refractivity contribution is -0.122. The molecular formula is C17H16N4O3S3. The van der Waals surface area contributed by atoms with Crippen molar-refractivity contribution in [1.82, 2.24) is 15.1 Å². The molecule has 0 spiro atoms. The fraction of sp³-hybridized carbons (Fsp3) is 0.235. The van der Waals surface area contributed by atoms with Crippen molar-refractivity contribution in [3.8, 4) is 5.75 Å². The Bertz CT molecular complexity index is 926. The van der Waals surface area contributed by atoms with Gasteiger partial charge in [0, 0.05) is 18.5 Å². The number of para-hydroxylation sites is 1. The number of methoxy groups -OCH3 is 1. The largest absolute Gasteiger partial charge is 0.496 e. The number of carbonyl (C=O) groups excluding carboxylic acids is 2. The minimum absolute atomic E-state index is 0.118. The summed E-state index contributed by atoms with van der Waals surface area (Å²) in [6.45, 7) is 2.01. The van der Waals surface area contributed by atoms with Crippen LogP contribution >= 0.6 is 35.3 Å². The van der Waals surface area contributed by atoms with E-state index in [-0.39, 0.29) is 24.8 Å². The molecule has 140 valence electrons. The summed E-state index contributed by atoms with van der Waals surface area (Å²) in [5.74, 6) is 0.221. The first-order valence-corrected chi connectivity index (χ1v) is 10.0. The van der Waals surface area contributed by atoms with Crippen LogP contribution in [0.1, 0.15) is 17.0 Å². The number of benzene rings is 1. The number of rotatable bonds is 6. The van der Waals surface area contributed by atoms with Gasteiger partial charge in [-0.15, -0.1) is 10.2 Å². The van der Waals surface area contributed by atoms with Crippen molar-refractivity contribution in [2.24, 2.45) is 0 Å². The first kappa shape index (κ1) is 19.5. The van der Waals surface area contributed by atoms with E-state index >= 15 is 0 Å². The van der Waals surface area contributed by atoms with Crippen LogP contribution in [0.2, 0.25) is 0 Å². The van der Waals surface area contributed by atoms with Crippen LogP contribution in [0.3, 0.4) is 0 Å². The molecule has 0 aliphatic carbocycles. The summed E-state index contributed by atoms with van der Waals surface area (Å²) < 4.78 is 5.74. The third-order valence-electron chi connectivity index (χ3n) is 3.63. The molecule has 1 aliphatic heterocycles. The summed E-state index contributed by atoms with van der Waals surface area (Å²) in [7, 11) is 1.58. The quantitative estimate of drug-likeness (QED) is 0.568. The maximum Gasteiger partial charge on any atom is 0.266 e. The Morgan fingerprint density at radius 1 is 1.37 bits per heavy atom. The molecule has 1 saturated heterocycles. The average molecular weight is 421 g/mol. The number of carbonyl (C=O) groups is 2. The lowest BCUT2D eigenvalue weighted by Gasteiger charge is -2.13. The molecule has 10 heteroatoms. The van der Waals surface area contributed by atoms with Crippen LogP contribution in [0.4, 0.5) is 5.13 Å². The van der Waals surface area contributed by atoms with Gasteiger partial charge >= 0.3 is 0 Å². The summed E-state index contributed by atoms with van der Waals surface area (Å²) in [4.78, 5) is 26.6. The summed E-state index contributed by atoms with van der Waals surface area (Å²) in [6, 6.07) is 7.42. The Labute approximate surface area is 169 Å². The average Bonchev–Trinajstić information content (AvgIpc) is 3.16. The van der Waals surface area contributed by atoms with Gasteiger partial charge in [0.2, 0.25) is 11.0 Å². The standard InChI is InChI=1S/C17H16N4O3S3/c1-10-19-20-16(26-10)18-14(22)7-8-21-15(23)13(27-17(21)25)9-11-5-3-4-6-12(11)24-2/h3-6,9H,7-8H2,1-2H3,(H,18,20,22)/b13-9-. The maximum absolute atomic E-state index is 12.7. The Morgan fingerprint density at radius 2 is 2.15 bits per heavy atom. The SMILES string of the molecule is COc1ccccc1/C=C1\SC(=S)N(CCC(=O)Nc2nnc(C)s2)C1=O. The van der Waals surface area contributed by atoms with Crippen molar-refractivity contribution in [3.05, 3.63) is 39.7 Å². The number of anilines is 1. The van der Waals surface area contributed by atoms with Crippen LogP contribution < -0.4 is 10.1 Å². The highest BCUT2D eigenvalue weighted by atomic mass is 32.2. The van der Waals surface area contributed by atoms with Crippen molar-refractivity contribution >= 4 is 62.7 Å². The van der Waals surface area contributed by atoms with Crippen molar-refractivity contribution in [1.29, 1.82) is 0 Å². The van der Waals surface area contributed by atoms with Crippen molar-refractivity contribution < 1.29 is 14.3 Å². The van der Waals surface area contributed by atoms with Gasteiger partial charge in [-0.05, 0) is 19.1 Å². The fourth-order valence-electron chi connectivity index (χ4n) is 2.36. The van der Waals surface area contributed by atoms with Crippen LogP contribution in [0.25, 0.3) is 6.08 Å². The second kappa shape index (κ2) is 8.59. The number of aryl methyl sites for hydroxylation is 1. The monoisotopic (exact) mass is 420 g/mol. The molecule has 7 nitrogen and oxygen atoms in total. The number of nitrogens with zero attached hydrogens (tertiary/aromatic N) is 3. The van der Waals surface area contributed by atoms with Gasteiger partial charge in [-0.25, -0.2) is 0 Å². The number of hydrogen-bond acceptors (Lipinski definition) is 8. The van der Waals surface area contributed by atoms with Gasteiger partial charge in [0.1, 0.15) is 15.1 Å². The molecule has 0 atom stereocenters. The molecule has 2 amide bonds. The van der Waals surface area contributed by atoms with E-state index in [0.717, 1.165) is 10.6 Å². The van der Waals surface area contributed by atoms with Crippen molar-refractivity contribution in [2.75, 3.05) is 19.0 Å². The molecule has 1 aliphatic rings. The molecule has 1 aromatic heterocycles. The first-order chi connectivity index (χ1) is 13.0. The van der Waals surface area contributed by atoms with Gasteiger partial charge in [0.05, 0.1) is 12.0 Å². The molecule has 3 rings (SSSR count). The summed E-state index contributed by atoms with van der Waals surface area (Å²) in [5.41, 5.74) is 0.796. The zero-order valence-corrected chi connectivity index (χ0v) is 17.0. The topological polar surface area (TPSA) is 84.4 Å². The lowest BCUT2D eigenvalue weighted by Crippen LogP contribution is -2.31. The van der Waals surface area contributed by atoms with E-state index in [2.05, 4.69) is 15.5 Å². The van der Waals surface area contributed by atoms with Crippen LogP contribution in [0.15, 0.2) is 29.2 Å². The number of aromatic nitrogens is 2. The number of amides is 2. The molecule has 1 aromatic carbocycles. The van der Waals surface area contributed by atoms with Crippen LogP contribution in [-0.4, -0.2) is 44.9 Å². The Hall–Kier alpha value is -2.30. The molecule has 1 fully saturated rings. The van der Waals surface area contributed by atoms with Gasteiger partial charge in [-0.1, -0.05) is 53.5 Å². The molecule has 0 bridgehead atoms. The molecule has 2 aromatic rings. The predicted octanol–water partition coefficient (Wildman–Crippen LogP) is 3.09. The van der Waals surface area contributed by atoms with Crippen LogP contribution in [0.5, 0.6) is 5.75 Å². The molecule has 0 saturated carbocycles. The minimum Gasteiger partial charge on any atom is -0.496 e. The number of hydrogen-bond donors (Lipinski definition) is 1. The number of nitrogens with one attached hydrogen (secondary N) is 1. The number of thiocarbonyl (C=S) groups is 1. The zero-order valence-electron chi connectivity index (χ0n) is 14.6. The van der Waals surface area contributed by atoms with Gasteiger partial charge in [0.15, 0.2) is 0 Å². The molecule has 2 heterocycles. The van der Waals surface area contributed by atoms with Crippen molar-refractivity contribution in [2.45, 2.75) is 13.3 Å². The van der Waals surface area contributed by atoms with Crippen LogP contribution in [0, 0.1) is 6.92 Å². The van der Waals surface area contributed by atoms with Crippen LogP contribution in [-0.2, 0) is 9.59 Å². The normalized spacial score (nSPS) is 15.5. The fourth-order valence-corrected chi connectivity index (χ4v) is 4.27. The van der Waals surface area contributed by atoms with Gasteiger partial charge in [-0.2, -0.15) is 0 Å². The van der Waals surface area contributed by atoms with Gasteiger partial charge < -0.3 is 10.1 Å². The van der Waals surface area contributed by atoms with Crippen molar-refractivity contribution in [3.63, 3.8) is 0 Å². The van der Waals surface area contributed by atoms with Gasteiger partial charge in [0.25, 0.3) is 5.91 Å². The Kier molecular flexibility index (Phi) is 6.19. The maximum atomic E-state index is 12.7. The van der Waals surface area contributed by atoms with E-state index in [1.165, 1.54) is 28.0 Å². The predicted molar refractivity (Wildman–Crippen MR) is 111 cm³/mol. The Morgan fingerprint density at radius 3 is 2.85 bits per heavy atom.